The van der Waals surface area contributed by atoms with Gasteiger partial charge in [0.1, 0.15) is 6.29 Å². The normalized spacial score (nSPS) is 10.3. The summed E-state index contributed by atoms with van der Waals surface area (Å²) in [5.74, 6) is 12.5. The fraction of sp³-hybridized carbons (Fsp3) is 0.844. The van der Waals surface area contributed by atoms with Crippen molar-refractivity contribution in [2.24, 2.45) is 0 Å². The molecule has 0 aliphatic rings. The third-order valence-electron chi connectivity index (χ3n) is 6.52. The molecule has 190 valence electrons. The lowest BCUT2D eigenvalue weighted by molar-refractivity contribution is -0.107. The zero-order chi connectivity index (χ0) is 23.9. The van der Waals surface area contributed by atoms with Gasteiger partial charge < -0.3 is 4.79 Å². The van der Waals surface area contributed by atoms with Crippen molar-refractivity contribution in [1.82, 2.24) is 0 Å². The maximum Gasteiger partial charge on any atom is 0.119 e. The Morgan fingerprint density at radius 1 is 0.424 bits per heavy atom. The van der Waals surface area contributed by atoms with Crippen LogP contribution in [-0.4, -0.2) is 6.29 Å². The molecule has 0 radical (unpaired) electrons. The molecule has 0 spiro atoms. The lowest BCUT2D eigenvalue weighted by Crippen LogP contribution is -1.83. The minimum absolute atomic E-state index is 0.746. The van der Waals surface area contributed by atoms with Gasteiger partial charge in [-0.05, 0) is 31.1 Å². The summed E-state index contributed by atoms with van der Waals surface area (Å²) >= 11 is 0. The van der Waals surface area contributed by atoms with E-state index in [4.69, 9.17) is 0 Å². The zero-order valence-corrected chi connectivity index (χ0v) is 22.4. The van der Waals surface area contributed by atoms with Crippen LogP contribution < -0.4 is 0 Å². The van der Waals surface area contributed by atoms with Crippen LogP contribution in [0.25, 0.3) is 0 Å². The van der Waals surface area contributed by atoms with Crippen LogP contribution in [0.15, 0.2) is 0 Å². The molecule has 0 heterocycles. The Hall–Kier alpha value is -1.21. The Labute approximate surface area is 208 Å². The predicted octanol–water partition coefficient (Wildman–Crippen LogP) is 10.4. The maximum atomic E-state index is 10.2. The Morgan fingerprint density at radius 2 is 0.727 bits per heavy atom. The van der Waals surface area contributed by atoms with Crippen LogP contribution >= 0.6 is 0 Å². The summed E-state index contributed by atoms with van der Waals surface area (Å²) < 4.78 is 0. The van der Waals surface area contributed by atoms with Gasteiger partial charge in [-0.2, -0.15) is 0 Å². The lowest BCUT2D eigenvalue weighted by atomic mass is 10.0. The highest BCUT2D eigenvalue weighted by Gasteiger charge is 1.94. The van der Waals surface area contributed by atoms with Crippen LogP contribution in [0.5, 0.6) is 0 Å². The molecule has 0 aromatic carbocycles. The SMILES string of the molecule is CCCCCCCCCCCCCCC#CC#CCCCCCCCCCCCCCC=O. The van der Waals surface area contributed by atoms with Crippen molar-refractivity contribution < 1.29 is 4.79 Å². The van der Waals surface area contributed by atoms with Crippen LogP contribution in [0.4, 0.5) is 0 Å². The molecule has 0 aromatic rings. The Morgan fingerprint density at radius 3 is 1.06 bits per heavy atom. The second-order valence-electron chi connectivity index (χ2n) is 9.84. The molecule has 0 atom stereocenters. The molecule has 0 N–H and O–H groups in total. The highest BCUT2D eigenvalue weighted by molar-refractivity contribution is 5.48. The van der Waals surface area contributed by atoms with Gasteiger partial charge in [0.05, 0.1) is 0 Å². The van der Waals surface area contributed by atoms with Crippen molar-refractivity contribution in [3.8, 4) is 23.7 Å². The molecule has 0 saturated heterocycles. The molecule has 0 bridgehead atoms. The predicted molar refractivity (Wildman–Crippen MR) is 147 cm³/mol. The van der Waals surface area contributed by atoms with E-state index in [1.165, 1.54) is 141 Å². The van der Waals surface area contributed by atoms with Crippen LogP contribution in [0.3, 0.4) is 0 Å². The third kappa shape index (κ3) is 30.8. The molecule has 0 aliphatic carbocycles. The van der Waals surface area contributed by atoms with E-state index < -0.39 is 0 Å². The molecular weight excluding hydrogens is 400 g/mol. The maximum absolute atomic E-state index is 10.2. The molecule has 1 nitrogen and oxygen atoms in total. The average Bonchev–Trinajstić information content (AvgIpc) is 2.83. The summed E-state index contributed by atoms with van der Waals surface area (Å²) in [6.45, 7) is 2.29. The Bertz CT molecular complexity index is 498. The van der Waals surface area contributed by atoms with Crippen LogP contribution in [-0.2, 0) is 4.79 Å². The summed E-state index contributed by atoms with van der Waals surface area (Å²) in [7, 11) is 0. The smallest absolute Gasteiger partial charge is 0.119 e. The number of unbranched alkanes of at least 4 members (excludes halogenated alkanes) is 24. The number of aldehydes is 1. The molecule has 0 rings (SSSR count). The van der Waals surface area contributed by atoms with E-state index in [0.29, 0.717) is 0 Å². The van der Waals surface area contributed by atoms with E-state index in [1.807, 2.05) is 0 Å². The fourth-order valence-electron chi connectivity index (χ4n) is 4.30. The van der Waals surface area contributed by atoms with Gasteiger partial charge in [0.15, 0.2) is 0 Å². The number of hydrogen-bond donors (Lipinski definition) is 0. The summed E-state index contributed by atoms with van der Waals surface area (Å²) in [4.78, 5) is 10.2. The first-order chi connectivity index (χ1) is 16.4. The number of hydrogen-bond acceptors (Lipinski definition) is 1. The monoisotopic (exact) mass is 456 g/mol. The van der Waals surface area contributed by atoms with Gasteiger partial charge in [0.2, 0.25) is 0 Å². The molecule has 1 heteroatoms. The number of rotatable bonds is 25. The highest BCUT2D eigenvalue weighted by Crippen LogP contribution is 2.13. The lowest BCUT2D eigenvalue weighted by Gasteiger charge is -2.01. The molecule has 0 amide bonds. The van der Waals surface area contributed by atoms with E-state index in [9.17, 15) is 4.79 Å². The molecule has 33 heavy (non-hydrogen) atoms. The highest BCUT2D eigenvalue weighted by atomic mass is 16.1. The second kappa shape index (κ2) is 30.8. The Kier molecular flexibility index (Phi) is 29.7. The first kappa shape index (κ1) is 31.8. The topological polar surface area (TPSA) is 17.1 Å². The van der Waals surface area contributed by atoms with Gasteiger partial charge in [0, 0.05) is 19.3 Å². The number of carbonyl (C=O) groups excluding carboxylic acids is 1. The van der Waals surface area contributed by atoms with Gasteiger partial charge >= 0.3 is 0 Å². The van der Waals surface area contributed by atoms with Crippen molar-refractivity contribution in [2.75, 3.05) is 0 Å². The van der Waals surface area contributed by atoms with E-state index in [1.54, 1.807) is 0 Å². The summed E-state index contributed by atoms with van der Waals surface area (Å²) in [6.07, 6.45) is 34.9. The van der Waals surface area contributed by atoms with Crippen molar-refractivity contribution >= 4 is 6.29 Å². The average molecular weight is 457 g/mol. The van der Waals surface area contributed by atoms with Crippen molar-refractivity contribution in [1.29, 1.82) is 0 Å². The van der Waals surface area contributed by atoms with Crippen LogP contribution in [0, 0.1) is 23.7 Å². The summed E-state index contributed by atoms with van der Waals surface area (Å²) in [6, 6.07) is 0. The van der Waals surface area contributed by atoms with Gasteiger partial charge in [-0.25, -0.2) is 0 Å². The molecule has 0 unspecified atom stereocenters. The first-order valence-corrected chi connectivity index (χ1v) is 14.8. The summed E-state index contributed by atoms with van der Waals surface area (Å²) in [5, 5.41) is 0. The van der Waals surface area contributed by atoms with Gasteiger partial charge in [0.25, 0.3) is 0 Å². The largest absolute Gasteiger partial charge is 0.303 e. The Balaban J connectivity index is 3.21. The third-order valence-corrected chi connectivity index (χ3v) is 6.52. The van der Waals surface area contributed by atoms with Gasteiger partial charge in [-0.15, -0.1) is 0 Å². The van der Waals surface area contributed by atoms with Crippen LogP contribution in [0.1, 0.15) is 174 Å². The van der Waals surface area contributed by atoms with Crippen LogP contribution in [0.2, 0.25) is 0 Å². The molecular formula is C32H56O. The molecule has 0 aromatic heterocycles. The van der Waals surface area contributed by atoms with E-state index in [0.717, 1.165) is 32.0 Å². The number of carbonyl (C=O) groups is 1. The standard InChI is InChI=1S/C32H56O/c1-2-3-4-5-6-7-8-9-10-11-12-13-14-15-16-17-18-19-20-21-22-23-24-25-26-27-28-29-30-31-32-33/h32H,2-14,19-31H2,1H3. The minimum Gasteiger partial charge on any atom is -0.303 e. The van der Waals surface area contributed by atoms with Gasteiger partial charge in [-0.3, -0.25) is 0 Å². The van der Waals surface area contributed by atoms with Gasteiger partial charge in [-0.1, -0.05) is 147 Å². The molecule has 0 aliphatic heterocycles. The van der Waals surface area contributed by atoms with E-state index in [-0.39, 0.29) is 0 Å². The summed E-state index contributed by atoms with van der Waals surface area (Å²) in [5.41, 5.74) is 0. The van der Waals surface area contributed by atoms with Crippen molar-refractivity contribution in [3.63, 3.8) is 0 Å². The second-order valence-corrected chi connectivity index (χ2v) is 9.84. The van der Waals surface area contributed by atoms with E-state index in [2.05, 4.69) is 30.6 Å². The molecule has 0 saturated carbocycles. The van der Waals surface area contributed by atoms with E-state index >= 15 is 0 Å². The zero-order valence-electron chi connectivity index (χ0n) is 22.4. The first-order valence-electron chi connectivity index (χ1n) is 14.8. The van der Waals surface area contributed by atoms with Crippen molar-refractivity contribution in [3.05, 3.63) is 0 Å². The minimum atomic E-state index is 0.746. The quantitative estimate of drug-likeness (QED) is 0.0758. The van der Waals surface area contributed by atoms with Crippen molar-refractivity contribution in [2.45, 2.75) is 174 Å². The fourth-order valence-corrected chi connectivity index (χ4v) is 4.30. The molecule has 0 fully saturated rings.